The number of hydrogen-bond donors (Lipinski definition) is 1. The third-order valence-electron chi connectivity index (χ3n) is 3.71. The van der Waals surface area contributed by atoms with Gasteiger partial charge in [-0.3, -0.25) is 0 Å². The first-order valence-electron chi connectivity index (χ1n) is 6.13. The molecule has 3 heterocycles. The number of rotatable bonds is 2. The highest BCUT2D eigenvalue weighted by Gasteiger charge is 2.42. The second kappa shape index (κ2) is 4.36. The quantitative estimate of drug-likeness (QED) is 0.799. The van der Waals surface area contributed by atoms with Gasteiger partial charge in [0.05, 0.1) is 24.8 Å². The summed E-state index contributed by atoms with van der Waals surface area (Å²) in [5, 5.41) is 4.29. The second-order valence-electron chi connectivity index (χ2n) is 4.81. The van der Waals surface area contributed by atoms with Crippen molar-refractivity contribution < 1.29 is 9.47 Å². The summed E-state index contributed by atoms with van der Waals surface area (Å²) >= 11 is 0. The third kappa shape index (κ3) is 1.96. The Hall–Kier alpha value is -0.980. The highest BCUT2D eigenvalue weighted by molar-refractivity contribution is 4.95. The van der Waals surface area contributed by atoms with Crippen molar-refractivity contribution in [1.29, 1.82) is 0 Å². The van der Waals surface area contributed by atoms with Gasteiger partial charge in [-0.2, -0.15) is 5.10 Å². The van der Waals surface area contributed by atoms with Gasteiger partial charge in [0.1, 0.15) is 12.2 Å². The molecule has 2 aliphatic rings. The first-order chi connectivity index (χ1) is 8.33. The molecule has 0 aromatic carbocycles. The summed E-state index contributed by atoms with van der Waals surface area (Å²) in [6.45, 7) is 2.70. The molecule has 2 aliphatic heterocycles. The molecule has 3 rings (SSSR count). The van der Waals surface area contributed by atoms with Crippen LogP contribution in [0.2, 0.25) is 0 Å². The van der Waals surface area contributed by atoms with Crippen molar-refractivity contribution in [2.75, 3.05) is 19.8 Å². The van der Waals surface area contributed by atoms with E-state index in [0.717, 1.165) is 38.3 Å². The SMILES string of the molecule is NCc1ncnn1C1CCOC2(CCOC2)C1. The van der Waals surface area contributed by atoms with E-state index in [1.54, 1.807) is 6.33 Å². The molecule has 17 heavy (non-hydrogen) atoms. The molecule has 1 aromatic heterocycles. The minimum atomic E-state index is -0.0965. The Morgan fingerprint density at radius 3 is 3.24 bits per heavy atom. The van der Waals surface area contributed by atoms with E-state index in [1.165, 1.54) is 0 Å². The molecular formula is C11H18N4O2. The lowest BCUT2D eigenvalue weighted by atomic mass is 9.90. The van der Waals surface area contributed by atoms with Crippen LogP contribution in [0.4, 0.5) is 0 Å². The van der Waals surface area contributed by atoms with Crippen molar-refractivity contribution in [2.24, 2.45) is 5.73 Å². The summed E-state index contributed by atoms with van der Waals surface area (Å²) in [5.74, 6) is 0.853. The van der Waals surface area contributed by atoms with Crippen LogP contribution in [0.5, 0.6) is 0 Å². The standard InChI is InChI=1S/C11H18N4O2/c12-6-10-13-8-14-15(10)9-1-3-17-11(5-9)2-4-16-7-11/h8-9H,1-7,12H2. The van der Waals surface area contributed by atoms with Crippen LogP contribution >= 0.6 is 0 Å². The van der Waals surface area contributed by atoms with Crippen LogP contribution in [-0.2, 0) is 16.0 Å². The molecule has 1 spiro atoms. The summed E-state index contributed by atoms with van der Waals surface area (Å²) in [7, 11) is 0. The molecule has 6 nitrogen and oxygen atoms in total. The van der Waals surface area contributed by atoms with E-state index in [0.29, 0.717) is 19.2 Å². The fraction of sp³-hybridized carbons (Fsp3) is 0.818. The Morgan fingerprint density at radius 2 is 2.47 bits per heavy atom. The van der Waals surface area contributed by atoms with E-state index in [-0.39, 0.29) is 5.60 Å². The van der Waals surface area contributed by atoms with Gasteiger partial charge >= 0.3 is 0 Å². The molecule has 94 valence electrons. The van der Waals surface area contributed by atoms with Gasteiger partial charge in [-0.1, -0.05) is 0 Å². The van der Waals surface area contributed by atoms with E-state index in [1.807, 2.05) is 4.68 Å². The zero-order valence-corrected chi connectivity index (χ0v) is 9.84. The van der Waals surface area contributed by atoms with Gasteiger partial charge in [0.2, 0.25) is 0 Å². The highest BCUT2D eigenvalue weighted by Crippen LogP contribution is 2.37. The van der Waals surface area contributed by atoms with Crippen molar-refractivity contribution in [3.63, 3.8) is 0 Å². The Kier molecular flexibility index (Phi) is 2.85. The molecular weight excluding hydrogens is 220 g/mol. The molecule has 6 heteroatoms. The topological polar surface area (TPSA) is 75.2 Å². The Labute approximate surface area is 100 Å². The summed E-state index contributed by atoms with van der Waals surface area (Å²) in [5.41, 5.74) is 5.57. The van der Waals surface area contributed by atoms with Gasteiger partial charge in [-0.15, -0.1) is 0 Å². The predicted molar refractivity (Wildman–Crippen MR) is 60.3 cm³/mol. The molecule has 2 fully saturated rings. The predicted octanol–water partition coefficient (Wildman–Crippen LogP) is 0.247. The lowest BCUT2D eigenvalue weighted by Crippen LogP contribution is -2.41. The Balaban J connectivity index is 1.79. The smallest absolute Gasteiger partial charge is 0.140 e. The Morgan fingerprint density at radius 1 is 1.53 bits per heavy atom. The largest absolute Gasteiger partial charge is 0.378 e. The number of nitrogens with two attached hydrogens (primary N) is 1. The molecule has 0 saturated carbocycles. The first-order valence-corrected chi connectivity index (χ1v) is 6.13. The normalized spacial score (nSPS) is 33.4. The molecule has 2 saturated heterocycles. The fourth-order valence-corrected chi connectivity index (χ4v) is 2.80. The van der Waals surface area contributed by atoms with Crippen molar-refractivity contribution in [3.8, 4) is 0 Å². The average Bonchev–Trinajstić information content (AvgIpc) is 2.98. The summed E-state index contributed by atoms with van der Waals surface area (Å²) < 4.78 is 13.3. The summed E-state index contributed by atoms with van der Waals surface area (Å²) in [6, 6.07) is 0.339. The number of nitrogens with zero attached hydrogens (tertiary/aromatic N) is 3. The number of ether oxygens (including phenoxy) is 2. The molecule has 0 aliphatic carbocycles. The highest BCUT2D eigenvalue weighted by atomic mass is 16.6. The van der Waals surface area contributed by atoms with Crippen LogP contribution in [0, 0.1) is 0 Å². The van der Waals surface area contributed by atoms with Crippen LogP contribution in [0.15, 0.2) is 6.33 Å². The molecule has 2 atom stereocenters. The third-order valence-corrected chi connectivity index (χ3v) is 3.71. The van der Waals surface area contributed by atoms with Gasteiger partial charge in [0, 0.05) is 26.1 Å². The van der Waals surface area contributed by atoms with Crippen molar-refractivity contribution in [1.82, 2.24) is 14.8 Å². The van der Waals surface area contributed by atoms with Crippen molar-refractivity contribution >= 4 is 0 Å². The van der Waals surface area contributed by atoms with Gasteiger partial charge < -0.3 is 15.2 Å². The van der Waals surface area contributed by atoms with E-state index in [2.05, 4.69) is 10.1 Å². The van der Waals surface area contributed by atoms with E-state index < -0.39 is 0 Å². The zero-order chi connectivity index (χ0) is 11.7. The summed E-state index contributed by atoms with van der Waals surface area (Å²) in [4.78, 5) is 4.18. The maximum atomic E-state index is 5.91. The van der Waals surface area contributed by atoms with E-state index in [9.17, 15) is 0 Å². The van der Waals surface area contributed by atoms with Crippen molar-refractivity contribution in [3.05, 3.63) is 12.2 Å². The van der Waals surface area contributed by atoms with Crippen molar-refractivity contribution in [2.45, 2.75) is 37.5 Å². The number of hydrogen-bond acceptors (Lipinski definition) is 5. The lowest BCUT2D eigenvalue weighted by Gasteiger charge is -2.37. The number of aromatic nitrogens is 3. The van der Waals surface area contributed by atoms with Crippen LogP contribution in [-0.4, -0.2) is 40.2 Å². The van der Waals surface area contributed by atoms with Gasteiger partial charge in [-0.25, -0.2) is 9.67 Å². The zero-order valence-electron chi connectivity index (χ0n) is 9.84. The summed E-state index contributed by atoms with van der Waals surface area (Å²) in [6.07, 6.45) is 4.48. The maximum Gasteiger partial charge on any atom is 0.140 e. The molecule has 2 N–H and O–H groups in total. The van der Waals surface area contributed by atoms with E-state index in [4.69, 9.17) is 15.2 Å². The maximum absolute atomic E-state index is 5.91. The van der Waals surface area contributed by atoms with Gasteiger partial charge in [0.15, 0.2) is 0 Å². The molecule has 2 unspecified atom stereocenters. The second-order valence-corrected chi connectivity index (χ2v) is 4.81. The fourth-order valence-electron chi connectivity index (χ4n) is 2.80. The molecule has 1 aromatic rings. The lowest BCUT2D eigenvalue weighted by molar-refractivity contribution is -0.0966. The van der Waals surface area contributed by atoms with Gasteiger partial charge in [-0.05, 0) is 6.42 Å². The monoisotopic (exact) mass is 238 g/mol. The first kappa shape index (κ1) is 11.1. The van der Waals surface area contributed by atoms with Crippen LogP contribution < -0.4 is 5.73 Å². The minimum Gasteiger partial charge on any atom is -0.378 e. The minimum absolute atomic E-state index is 0.0965. The molecule has 0 amide bonds. The van der Waals surface area contributed by atoms with Gasteiger partial charge in [0.25, 0.3) is 0 Å². The van der Waals surface area contributed by atoms with Crippen LogP contribution in [0.1, 0.15) is 31.1 Å². The molecule has 0 bridgehead atoms. The van der Waals surface area contributed by atoms with Crippen LogP contribution in [0.25, 0.3) is 0 Å². The van der Waals surface area contributed by atoms with E-state index >= 15 is 0 Å². The molecule has 0 radical (unpaired) electrons. The Bertz CT molecular complexity index is 387. The van der Waals surface area contributed by atoms with Crippen LogP contribution in [0.3, 0.4) is 0 Å². The average molecular weight is 238 g/mol.